The molecule has 0 saturated carbocycles. The van der Waals surface area contributed by atoms with Gasteiger partial charge in [0.25, 0.3) is 0 Å². The standard InChI is InChI=1S/C20H20FN5S/c1-11(2)10-26-19-16(25-20(26)22)9-8-15(24-19)18-17(23-12(3)27-18)13-4-6-14(21)7-5-13/h4-9,11H,10H2,1-3H3,(H2,22,25). The summed E-state index contributed by atoms with van der Waals surface area (Å²) >= 11 is 1.57. The maximum atomic E-state index is 13.3. The van der Waals surface area contributed by atoms with E-state index in [1.807, 2.05) is 23.6 Å². The Morgan fingerprint density at radius 3 is 2.52 bits per heavy atom. The summed E-state index contributed by atoms with van der Waals surface area (Å²) in [5, 5.41) is 0.932. The second-order valence-corrected chi connectivity index (χ2v) is 8.13. The third kappa shape index (κ3) is 3.30. The fourth-order valence-electron chi connectivity index (χ4n) is 3.09. The van der Waals surface area contributed by atoms with Crippen molar-refractivity contribution in [2.24, 2.45) is 5.92 Å². The summed E-state index contributed by atoms with van der Waals surface area (Å²) in [6, 6.07) is 10.3. The number of aryl methyl sites for hydroxylation is 1. The largest absolute Gasteiger partial charge is 0.369 e. The van der Waals surface area contributed by atoms with E-state index >= 15 is 0 Å². The van der Waals surface area contributed by atoms with Gasteiger partial charge in [0.1, 0.15) is 11.3 Å². The molecule has 0 aliphatic heterocycles. The van der Waals surface area contributed by atoms with Crippen LogP contribution in [0.15, 0.2) is 36.4 Å². The molecule has 0 bridgehead atoms. The molecule has 1 aromatic carbocycles. The van der Waals surface area contributed by atoms with E-state index in [1.165, 1.54) is 12.1 Å². The van der Waals surface area contributed by atoms with Gasteiger partial charge in [-0.25, -0.2) is 19.3 Å². The van der Waals surface area contributed by atoms with Crippen molar-refractivity contribution in [2.75, 3.05) is 5.73 Å². The van der Waals surface area contributed by atoms with Crippen LogP contribution in [0.4, 0.5) is 10.3 Å². The summed E-state index contributed by atoms with van der Waals surface area (Å²) < 4.78 is 15.3. The molecule has 0 radical (unpaired) electrons. The first kappa shape index (κ1) is 17.6. The summed E-state index contributed by atoms with van der Waals surface area (Å²) in [5.41, 5.74) is 10.1. The highest BCUT2D eigenvalue weighted by Crippen LogP contribution is 2.36. The summed E-state index contributed by atoms with van der Waals surface area (Å²) in [6.07, 6.45) is 0. The third-order valence-corrected chi connectivity index (χ3v) is 5.25. The molecule has 138 valence electrons. The molecule has 0 unspecified atom stereocenters. The number of nitrogens with two attached hydrogens (primary N) is 1. The Balaban J connectivity index is 1.86. The van der Waals surface area contributed by atoms with E-state index in [-0.39, 0.29) is 5.82 Å². The number of halogens is 1. The zero-order chi connectivity index (χ0) is 19.1. The van der Waals surface area contributed by atoms with Crippen LogP contribution in [0.5, 0.6) is 0 Å². The number of aromatic nitrogens is 4. The van der Waals surface area contributed by atoms with E-state index in [4.69, 9.17) is 10.7 Å². The van der Waals surface area contributed by atoms with Crippen LogP contribution in [0.1, 0.15) is 18.9 Å². The second kappa shape index (κ2) is 6.74. The van der Waals surface area contributed by atoms with Crippen molar-refractivity contribution in [1.82, 2.24) is 19.5 Å². The molecule has 0 aliphatic rings. The smallest absolute Gasteiger partial charge is 0.202 e. The first-order valence-electron chi connectivity index (χ1n) is 8.79. The molecule has 4 rings (SSSR count). The van der Waals surface area contributed by atoms with Gasteiger partial charge in [-0.1, -0.05) is 13.8 Å². The van der Waals surface area contributed by atoms with Crippen LogP contribution in [0, 0.1) is 18.7 Å². The predicted octanol–water partition coefficient (Wildman–Crippen LogP) is 4.91. The zero-order valence-electron chi connectivity index (χ0n) is 15.4. The number of hydrogen-bond donors (Lipinski definition) is 1. The lowest BCUT2D eigenvalue weighted by Gasteiger charge is -2.09. The number of nitrogens with zero attached hydrogens (tertiary/aromatic N) is 4. The molecule has 7 heteroatoms. The van der Waals surface area contributed by atoms with Crippen LogP contribution in [0.3, 0.4) is 0 Å². The monoisotopic (exact) mass is 381 g/mol. The van der Waals surface area contributed by atoms with Crippen LogP contribution < -0.4 is 5.73 Å². The topological polar surface area (TPSA) is 69.6 Å². The molecule has 0 saturated heterocycles. The van der Waals surface area contributed by atoms with Gasteiger partial charge in [0, 0.05) is 12.1 Å². The average molecular weight is 381 g/mol. The number of pyridine rings is 1. The van der Waals surface area contributed by atoms with E-state index < -0.39 is 0 Å². The molecule has 3 heterocycles. The van der Waals surface area contributed by atoms with Crippen LogP contribution in [-0.4, -0.2) is 19.5 Å². The highest BCUT2D eigenvalue weighted by Gasteiger charge is 2.17. The van der Waals surface area contributed by atoms with Crippen LogP contribution >= 0.6 is 11.3 Å². The van der Waals surface area contributed by atoms with Gasteiger partial charge in [0.15, 0.2) is 5.65 Å². The lowest BCUT2D eigenvalue weighted by atomic mass is 10.1. The average Bonchev–Trinajstić information content (AvgIpc) is 3.15. The minimum absolute atomic E-state index is 0.264. The van der Waals surface area contributed by atoms with Gasteiger partial charge in [0.2, 0.25) is 5.95 Å². The van der Waals surface area contributed by atoms with Gasteiger partial charge in [-0.15, -0.1) is 11.3 Å². The maximum Gasteiger partial charge on any atom is 0.202 e. The minimum Gasteiger partial charge on any atom is -0.369 e. The van der Waals surface area contributed by atoms with Gasteiger partial charge < -0.3 is 5.73 Å². The minimum atomic E-state index is -0.264. The van der Waals surface area contributed by atoms with Crippen molar-refractivity contribution in [3.05, 3.63) is 47.2 Å². The first-order valence-corrected chi connectivity index (χ1v) is 9.60. The summed E-state index contributed by atoms with van der Waals surface area (Å²) in [6.45, 7) is 6.98. The molecular formula is C20H20FN5S. The zero-order valence-corrected chi connectivity index (χ0v) is 16.2. The van der Waals surface area contributed by atoms with E-state index in [1.54, 1.807) is 23.5 Å². The maximum absolute atomic E-state index is 13.3. The molecule has 2 N–H and O–H groups in total. The molecule has 5 nitrogen and oxygen atoms in total. The summed E-state index contributed by atoms with van der Waals surface area (Å²) in [7, 11) is 0. The number of benzene rings is 1. The molecule has 0 fully saturated rings. The Morgan fingerprint density at radius 1 is 1.07 bits per heavy atom. The van der Waals surface area contributed by atoms with E-state index in [0.717, 1.165) is 44.5 Å². The fraction of sp³-hybridized carbons (Fsp3) is 0.250. The van der Waals surface area contributed by atoms with Gasteiger partial charge in [-0.3, -0.25) is 4.57 Å². The third-order valence-electron chi connectivity index (χ3n) is 4.25. The van der Waals surface area contributed by atoms with E-state index in [0.29, 0.717) is 11.9 Å². The van der Waals surface area contributed by atoms with Gasteiger partial charge >= 0.3 is 0 Å². The Kier molecular flexibility index (Phi) is 4.39. The molecule has 0 atom stereocenters. The Hall–Kier alpha value is -2.80. The lowest BCUT2D eigenvalue weighted by molar-refractivity contribution is 0.535. The number of fused-ring (bicyclic) bond motifs is 1. The molecule has 0 aliphatic carbocycles. The van der Waals surface area contributed by atoms with Gasteiger partial charge in [0.05, 0.1) is 21.3 Å². The number of nitrogen functional groups attached to an aromatic ring is 1. The van der Waals surface area contributed by atoms with Crippen LogP contribution in [-0.2, 0) is 6.54 Å². The Labute approximate surface area is 160 Å². The summed E-state index contributed by atoms with van der Waals surface area (Å²) in [4.78, 5) is 14.9. The normalized spacial score (nSPS) is 11.6. The molecule has 27 heavy (non-hydrogen) atoms. The van der Waals surface area contributed by atoms with Crippen molar-refractivity contribution in [1.29, 1.82) is 0 Å². The van der Waals surface area contributed by atoms with E-state index in [9.17, 15) is 4.39 Å². The van der Waals surface area contributed by atoms with E-state index in [2.05, 4.69) is 23.8 Å². The van der Waals surface area contributed by atoms with Crippen molar-refractivity contribution >= 4 is 28.4 Å². The number of rotatable bonds is 4. The van der Waals surface area contributed by atoms with Crippen LogP contribution in [0.2, 0.25) is 0 Å². The van der Waals surface area contributed by atoms with Gasteiger partial charge in [-0.05, 0) is 49.2 Å². The number of imidazole rings is 1. The molecule has 0 amide bonds. The van der Waals surface area contributed by atoms with Crippen molar-refractivity contribution in [3.63, 3.8) is 0 Å². The molecular weight excluding hydrogens is 361 g/mol. The lowest BCUT2D eigenvalue weighted by Crippen LogP contribution is -2.08. The molecule has 0 spiro atoms. The number of anilines is 1. The molecule has 3 aromatic heterocycles. The molecule has 4 aromatic rings. The SMILES string of the molecule is Cc1nc(-c2ccc(F)cc2)c(-c2ccc3nc(N)n(CC(C)C)c3n2)s1. The fourth-order valence-corrected chi connectivity index (χ4v) is 4.01. The Bertz CT molecular complexity index is 1110. The second-order valence-electron chi connectivity index (χ2n) is 6.93. The van der Waals surface area contributed by atoms with Crippen molar-refractivity contribution < 1.29 is 4.39 Å². The van der Waals surface area contributed by atoms with Crippen molar-refractivity contribution in [3.8, 4) is 21.8 Å². The number of hydrogen-bond acceptors (Lipinski definition) is 5. The number of thiazole rings is 1. The highest BCUT2D eigenvalue weighted by molar-refractivity contribution is 7.15. The highest BCUT2D eigenvalue weighted by atomic mass is 32.1. The first-order chi connectivity index (χ1) is 12.9. The van der Waals surface area contributed by atoms with Crippen LogP contribution in [0.25, 0.3) is 33.0 Å². The quantitative estimate of drug-likeness (QED) is 0.545. The predicted molar refractivity (Wildman–Crippen MR) is 108 cm³/mol. The summed E-state index contributed by atoms with van der Waals surface area (Å²) in [5.74, 6) is 0.637. The van der Waals surface area contributed by atoms with Gasteiger partial charge in [-0.2, -0.15) is 0 Å². The van der Waals surface area contributed by atoms with Crippen molar-refractivity contribution in [2.45, 2.75) is 27.3 Å². The Morgan fingerprint density at radius 2 is 1.81 bits per heavy atom.